The first-order valence-electron chi connectivity index (χ1n) is 7.87. The van der Waals surface area contributed by atoms with Gasteiger partial charge in [0.1, 0.15) is 5.69 Å². The van der Waals surface area contributed by atoms with Crippen LogP contribution < -0.4 is 16.6 Å². The number of carbonyl (C=O) groups excluding carboxylic acids is 1. The van der Waals surface area contributed by atoms with E-state index in [9.17, 15) is 14.4 Å². The van der Waals surface area contributed by atoms with Crippen LogP contribution in [0.15, 0.2) is 50.6 Å². The third-order valence-electron chi connectivity index (χ3n) is 3.95. The molecule has 0 saturated heterocycles. The van der Waals surface area contributed by atoms with Crippen LogP contribution in [0.3, 0.4) is 0 Å². The molecule has 2 aromatic heterocycles. The number of aromatic amines is 1. The second-order valence-corrected chi connectivity index (χ2v) is 6.44. The van der Waals surface area contributed by atoms with Crippen LogP contribution in [0.1, 0.15) is 13.3 Å². The van der Waals surface area contributed by atoms with Crippen LogP contribution in [0.5, 0.6) is 0 Å². The van der Waals surface area contributed by atoms with E-state index in [1.807, 2.05) is 31.2 Å². The smallest absolute Gasteiger partial charge is 0.326 e. The number of amides is 1. The summed E-state index contributed by atoms with van der Waals surface area (Å²) in [6, 6.07) is 9.02. The summed E-state index contributed by atoms with van der Waals surface area (Å²) in [6.07, 6.45) is 1.58. The van der Waals surface area contributed by atoms with Crippen molar-refractivity contribution >= 4 is 38.6 Å². The van der Waals surface area contributed by atoms with Crippen LogP contribution in [0.25, 0.3) is 11.0 Å². The Kier molecular flexibility index (Phi) is 4.89. The maximum atomic E-state index is 12.5. The minimum atomic E-state index is -0.378. The highest BCUT2D eigenvalue weighted by molar-refractivity contribution is 9.10. The molecule has 0 aliphatic carbocycles. The second-order valence-electron chi connectivity index (χ2n) is 5.53. The van der Waals surface area contributed by atoms with Crippen molar-refractivity contribution in [2.24, 2.45) is 0 Å². The van der Waals surface area contributed by atoms with Gasteiger partial charge in [0.25, 0.3) is 5.56 Å². The third-order valence-corrected chi connectivity index (χ3v) is 4.40. The van der Waals surface area contributed by atoms with Gasteiger partial charge in [-0.2, -0.15) is 0 Å². The van der Waals surface area contributed by atoms with Crippen molar-refractivity contribution in [3.05, 3.63) is 61.8 Å². The first kappa shape index (κ1) is 17.2. The number of H-pyrrole nitrogens is 1. The van der Waals surface area contributed by atoms with Gasteiger partial charge < -0.3 is 10.3 Å². The Balaban J connectivity index is 1.80. The molecule has 7 nitrogen and oxygen atoms in total. The van der Waals surface area contributed by atoms with E-state index in [0.29, 0.717) is 11.0 Å². The molecule has 0 aliphatic heterocycles. The summed E-state index contributed by atoms with van der Waals surface area (Å²) in [5.41, 5.74) is 1.29. The van der Waals surface area contributed by atoms with Crippen molar-refractivity contribution < 1.29 is 4.79 Å². The average molecular weight is 405 g/mol. The highest BCUT2D eigenvalue weighted by Crippen LogP contribution is 2.14. The fourth-order valence-corrected chi connectivity index (χ4v) is 3.11. The molecule has 0 atom stereocenters. The Hall–Kier alpha value is -2.61. The van der Waals surface area contributed by atoms with E-state index >= 15 is 0 Å². The van der Waals surface area contributed by atoms with E-state index < -0.39 is 0 Å². The van der Waals surface area contributed by atoms with E-state index in [4.69, 9.17) is 0 Å². The summed E-state index contributed by atoms with van der Waals surface area (Å²) in [5, 5.41) is 2.57. The minimum Gasteiger partial charge on any atom is -0.326 e. The van der Waals surface area contributed by atoms with Crippen LogP contribution in [0.4, 0.5) is 5.69 Å². The number of benzene rings is 1. The van der Waals surface area contributed by atoms with Crippen LogP contribution in [-0.2, 0) is 17.9 Å². The molecule has 3 rings (SSSR count). The van der Waals surface area contributed by atoms with E-state index in [2.05, 4.69) is 26.2 Å². The van der Waals surface area contributed by atoms with Crippen LogP contribution in [0.2, 0.25) is 0 Å². The number of nitrogens with one attached hydrogen (secondary N) is 2. The number of aromatic nitrogens is 3. The van der Waals surface area contributed by atoms with Gasteiger partial charge in [0.15, 0.2) is 0 Å². The molecule has 1 aromatic carbocycles. The first-order valence-corrected chi connectivity index (χ1v) is 8.66. The number of imidazole rings is 1. The number of pyridine rings is 1. The van der Waals surface area contributed by atoms with Gasteiger partial charge in [-0.3, -0.25) is 18.7 Å². The summed E-state index contributed by atoms with van der Waals surface area (Å²) in [7, 11) is 0. The quantitative estimate of drug-likeness (QED) is 0.683. The Morgan fingerprint density at radius 2 is 1.88 bits per heavy atom. The van der Waals surface area contributed by atoms with Crippen molar-refractivity contribution in [2.45, 2.75) is 26.4 Å². The monoisotopic (exact) mass is 404 g/mol. The largest absolute Gasteiger partial charge is 0.329 e. The van der Waals surface area contributed by atoms with Gasteiger partial charge in [-0.25, -0.2) is 4.79 Å². The van der Waals surface area contributed by atoms with E-state index in [-0.39, 0.29) is 35.8 Å². The number of carbonyl (C=O) groups is 1. The first-order chi connectivity index (χ1) is 12.0. The lowest BCUT2D eigenvalue weighted by molar-refractivity contribution is -0.116. The standard InChI is InChI=1S/C17H17BrN4O3/c1-2-21-13-5-3-4-6-14(13)22(17(21)25)8-7-15(23)20-12-9-11(18)10-19-16(12)24/h3-6,9-10H,2,7-8H2,1H3,(H,19,24)(H,20,23). The zero-order chi connectivity index (χ0) is 18.0. The molecule has 3 aromatic rings. The van der Waals surface area contributed by atoms with Gasteiger partial charge in [-0.05, 0) is 41.1 Å². The van der Waals surface area contributed by atoms with Gasteiger partial charge in [-0.1, -0.05) is 12.1 Å². The fourth-order valence-electron chi connectivity index (χ4n) is 2.77. The number of hydrogen-bond acceptors (Lipinski definition) is 3. The number of para-hydroxylation sites is 2. The lowest BCUT2D eigenvalue weighted by atomic mass is 10.3. The maximum Gasteiger partial charge on any atom is 0.329 e. The van der Waals surface area contributed by atoms with Gasteiger partial charge in [0.05, 0.1) is 11.0 Å². The van der Waals surface area contributed by atoms with Crippen molar-refractivity contribution in [3.63, 3.8) is 0 Å². The number of halogens is 1. The number of nitrogens with zero attached hydrogens (tertiary/aromatic N) is 2. The molecule has 130 valence electrons. The van der Waals surface area contributed by atoms with E-state index in [1.54, 1.807) is 9.13 Å². The Morgan fingerprint density at radius 1 is 1.20 bits per heavy atom. The second kappa shape index (κ2) is 7.10. The molecular formula is C17H17BrN4O3. The molecule has 0 unspecified atom stereocenters. The molecule has 2 heterocycles. The van der Waals surface area contributed by atoms with Crippen LogP contribution in [-0.4, -0.2) is 20.0 Å². The average Bonchev–Trinajstić information content (AvgIpc) is 2.87. The number of hydrogen-bond donors (Lipinski definition) is 2. The number of anilines is 1. The molecule has 0 bridgehead atoms. The van der Waals surface area contributed by atoms with Crippen molar-refractivity contribution in [1.82, 2.24) is 14.1 Å². The molecule has 1 amide bonds. The van der Waals surface area contributed by atoms with Crippen LogP contribution >= 0.6 is 15.9 Å². The highest BCUT2D eigenvalue weighted by Gasteiger charge is 2.13. The molecular weight excluding hydrogens is 388 g/mol. The lowest BCUT2D eigenvalue weighted by Gasteiger charge is -2.06. The summed E-state index contributed by atoms with van der Waals surface area (Å²) < 4.78 is 3.92. The number of aryl methyl sites for hydroxylation is 2. The van der Waals surface area contributed by atoms with Crippen molar-refractivity contribution in [2.75, 3.05) is 5.32 Å². The SMILES string of the molecule is CCn1c(=O)n(CCC(=O)Nc2cc(Br)c[nH]c2=O)c2ccccc21. The molecule has 0 aliphatic rings. The molecule has 25 heavy (non-hydrogen) atoms. The molecule has 0 radical (unpaired) electrons. The van der Waals surface area contributed by atoms with Gasteiger partial charge in [-0.15, -0.1) is 0 Å². The van der Waals surface area contributed by atoms with Gasteiger partial charge in [0, 0.05) is 30.2 Å². The molecule has 8 heteroatoms. The molecule has 0 saturated carbocycles. The predicted octanol–water partition coefficient (Wildman–Crippen LogP) is 2.30. The van der Waals surface area contributed by atoms with Gasteiger partial charge in [0.2, 0.25) is 5.91 Å². The van der Waals surface area contributed by atoms with E-state index in [0.717, 1.165) is 11.0 Å². The third kappa shape index (κ3) is 3.43. The van der Waals surface area contributed by atoms with Crippen molar-refractivity contribution in [3.8, 4) is 0 Å². The summed E-state index contributed by atoms with van der Waals surface area (Å²) >= 11 is 3.24. The number of fused-ring (bicyclic) bond motifs is 1. The Bertz CT molecular complexity index is 1050. The zero-order valence-corrected chi connectivity index (χ0v) is 15.2. The van der Waals surface area contributed by atoms with Crippen LogP contribution in [0, 0.1) is 0 Å². The zero-order valence-electron chi connectivity index (χ0n) is 13.6. The Morgan fingerprint density at radius 3 is 2.56 bits per heavy atom. The summed E-state index contributed by atoms with van der Waals surface area (Å²) in [4.78, 5) is 38.9. The predicted molar refractivity (Wildman–Crippen MR) is 99.9 cm³/mol. The molecule has 2 N–H and O–H groups in total. The van der Waals surface area contributed by atoms with E-state index in [1.165, 1.54) is 12.3 Å². The van der Waals surface area contributed by atoms with Crippen molar-refractivity contribution in [1.29, 1.82) is 0 Å². The topological polar surface area (TPSA) is 88.9 Å². The minimum absolute atomic E-state index is 0.0869. The lowest BCUT2D eigenvalue weighted by Crippen LogP contribution is -2.26. The summed E-state index contributed by atoms with van der Waals surface area (Å²) in [5.74, 6) is -0.330. The normalized spacial score (nSPS) is 11.0. The highest BCUT2D eigenvalue weighted by atomic mass is 79.9. The molecule has 0 fully saturated rings. The molecule has 0 spiro atoms. The summed E-state index contributed by atoms with van der Waals surface area (Å²) in [6.45, 7) is 2.71. The maximum absolute atomic E-state index is 12.5. The number of rotatable bonds is 5. The fraction of sp³-hybridized carbons (Fsp3) is 0.235. The Labute approximate surface area is 151 Å². The van der Waals surface area contributed by atoms with Gasteiger partial charge >= 0.3 is 5.69 Å².